The van der Waals surface area contributed by atoms with E-state index in [1.807, 2.05) is 0 Å². The summed E-state index contributed by atoms with van der Waals surface area (Å²) in [6, 6.07) is 4.36. The molecule has 1 nitrogen and oxygen atoms in total. The summed E-state index contributed by atoms with van der Waals surface area (Å²) in [5.74, 6) is 0.612. The molecule has 1 aromatic rings. The zero-order valence-electron chi connectivity index (χ0n) is 8.13. The Balaban J connectivity index is 0.00000121. The van der Waals surface area contributed by atoms with Crippen LogP contribution >= 0.6 is 0 Å². The van der Waals surface area contributed by atoms with Crippen LogP contribution in [0.2, 0.25) is 0 Å². The average molecular weight is 277 g/mol. The van der Waals surface area contributed by atoms with Gasteiger partial charge in [-0.25, -0.2) is 4.57 Å². The maximum atomic E-state index is 2.21. The Bertz CT molecular complexity index is 256. The number of hydrogen-bond donors (Lipinski definition) is 0. The first-order valence-corrected chi connectivity index (χ1v) is 4.07. The number of hydrogen-bond acceptors (Lipinski definition) is 0. The number of rotatable bonds is 1. The van der Waals surface area contributed by atoms with Crippen LogP contribution in [0.25, 0.3) is 0 Å². The molecule has 0 atom stereocenters. The standard InChI is InChI=1S/C10H16N.HI/c1-8(2)10-6-5-9(3)7-11(10)4;/h5-8H,1-4H3;1H/q+1;/p-1. The molecule has 0 aromatic carbocycles. The minimum absolute atomic E-state index is 0. The van der Waals surface area contributed by atoms with Crippen LogP contribution in [-0.4, -0.2) is 0 Å². The van der Waals surface area contributed by atoms with Crippen molar-refractivity contribution in [2.75, 3.05) is 0 Å². The van der Waals surface area contributed by atoms with Crippen molar-refractivity contribution < 1.29 is 28.5 Å². The van der Waals surface area contributed by atoms with Crippen LogP contribution in [0, 0.1) is 6.92 Å². The summed E-state index contributed by atoms with van der Waals surface area (Å²) >= 11 is 0. The molecule has 0 fully saturated rings. The highest BCUT2D eigenvalue weighted by molar-refractivity contribution is 5.09. The van der Waals surface area contributed by atoms with Crippen LogP contribution in [0.15, 0.2) is 18.3 Å². The summed E-state index contributed by atoms with van der Waals surface area (Å²) in [7, 11) is 2.10. The van der Waals surface area contributed by atoms with Gasteiger partial charge in [-0.3, -0.25) is 0 Å². The van der Waals surface area contributed by atoms with E-state index in [1.165, 1.54) is 11.3 Å². The Hall–Kier alpha value is -0.120. The minimum Gasteiger partial charge on any atom is -1.00 e. The Morgan fingerprint density at radius 2 is 1.83 bits per heavy atom. The first-order valence-electron chi connectivity index (χ1n) is 4.07. The van der Waals surface area contributed by atoms with E-state index in [0.29, 0.717) is 5.92 Å². The SMILES string of the molecule is Cc1ccc(C(C)C)[n+](C)c1.[I-]. The fourth-order valence-electron chi connectivity index (χ4n) is 1.36. The van der Waals surface area contributed by atoms with Gasteiger partial charge >= 0.3 is 0 Å². The number of aromatic nitrogens is 1. The summed E-state index contributed by atoms with van der Waals surface area (Å²) in [5, 5.41) is 0. The highest BCUT2D eigenvalue weighted by atomic mass is 127. The summed E-state index contributed by atoms with van der Waals surface area (Å²) in [6.45, 7) is 6.54. The van der Waals surface area contributed by atoms with Crippen LogP contribution < -0.4 is 28.5 Å². The van der Waals surface area contributed by atoms with Gasteiger partial charge in [0.1, 0.15) is 7.05 Å². The van der Waals surface area contributed by atoms with Gasteiger partial charge in [0, 0.05) is 17.5 Å². The smallest absolute Gasteiger partial charge is 0.183 e. The third-order valence-corrected chi connectivity index (χ3v) is 1.91. The number of pyridine rings is 1. The first kappa shape index (κ1) is 11.9. The van der Waals surface area contributed by atoms with Crippen LogP contribution in [0.1, 0.15) is 31.0 Å². The second-order valence-electron chi connectivity index (χ2n) is 3.40. The van der Waals surface area contributed by atoms with E-state index in [2.05, 4.69) is 50.7 Å². The van der Waals surface area contributed by atoms with Crippen molar-refractivity contribution in [2.45, 2.75) is 26.7 Å². The van der Waals surface area contributed by atoms with Crippen molar-refractivity contribution in [3.05, 3.63) is 29.6 Å². The maximum absolute atomic E-state index is 2.21. The molecule has 1 rings (SSSR count). The van der Waals surface area contributed by atoms with Gasteiger partial charge in [-0.2, -0.15) is 0 Å². The lowest BCUT2D eigenvalue weighted by Crippen LogP contribution is -3.00. The van der Waals surface area contributed by atoms with Gasteiger partial charge in [0.05, 0.1) is 0 Å². The van der Waals surface area contributed by atoms with Gasteiger partial charge in [0.25, 0.3) is 0 Å². The Morgan fingerprint density at radius 3 is 2.25 bits per heavy atom. The van der Waals surface area contributed by atoms with E-state index < -0.39 is 0 Å². The Kier molecular flexibility index (Phi) is 4.75. The molecule has 1 heterocycles. The minimum atomic E-state index is 0. The molecule has 0 radical (unpaired) electrons. The van der Waals surface area contributed by atoms with Gasteiger partial charge in [-0.1, -0.05) is 13.8 Å². The van der Waals surface area contributed by atoms with Crippen LogP contribution in [0.4, 0.5) is 0 Å². The molecule has 0 spiro atoms. The van der Waals surface area contributed by atoms with E-state index in [0.717, 1.165) is 0 Å². The molecular formula is C10H16IN. The van der Waals surface area contributed by atoms with Gasteiger partial charge in [0.2, 0.25) is 0 Å². The molecule has 0 aliphatic rings. The molecule has 1 aromatic heterocycles. The van der Waals surface area contributed by atoms with Crippen molar-refractivity contribution in [1.82, 2.24) is 0 Å². The molecule has 0 aliphatic carbocycles. The fourth-order valence-corrected chi connectivity index (χ4v) is 1.36. The van der Waals surface area contributed by atoms with Gasteiger partial charge in [-0.15, -0.1) is 0 Å². The number of nitrogens with zero attached hydrogens (tertiary/aromatic N) is 1. The lowest BCUT2D eigenvalue weighted by molar-refractivity contribution is -0.680. The molecule has 0 amide bonds. The zero-order chi connectivity index (χ0) is 8.43. The third-order valence-electron chi connectivity index (χ3n) is 1.91. The monoisotopic (exact) mass is 277 g/mol. The summed E-state index contributed by atoms with van der Waals surface area (Å²) in [4.78, 5) is 0. The molecule has 0 N–H and O–H groups in total. The average Bonchev–Trinajstić information content (AvgIpc) is 1.85. The van der Waals surface area contributed by atoms with Crippen molar-refractivity contribution in [2.24, 2.45) is 7.05 Å². The molecule has 0 unspecified atom stereocenters. The quantitative estimate of drug-likeness (QED) is 0.455. The van der Waals surface area contributed by atoms with Crippen molar-refractivity contribution in [3.8, 4) is 0 Å². The topological polar surface area (TPSA) is 3.88 Å². The summed E-state index contributed by atoms with van der Waals surface area (Å²) in [6.07, 6.45) is 2.16. The Labute approximate surface area is 91.8 Å². The molecule has 0 bridgehead atoms. The molecule has 2 heteroatoms. The number of aryl methyl sites for hydroxylation is 2. The molecular weight excluding hydrogens is 261 g/mol. The van der Waals surface area contributed by atoms with Gasteiger partial charge < -0.3 is 24.0 Å². The van der Waals surface area contributed by atoms with Crippen molar-refractivity contribution in [1.29, 1.82) is 0 Å². The predicted molar refractivity (Wildman–Crippen MR) is 46.4 cm³/mol. The molecule has 0 aliphatic heterocycles. The highest BCUT2D eigenvalue weighted by Crippen LogP contribution is 2.08. The van der Waals surface area contributed by atoms with E-state index in [1.54, 1.807) is 0 Å². The highest BCUT2D eigenvalue weighted by Gasteiger charge is 2.09. The van der Waals surface area contributed by atoms with E-state index >= 15 is 0 Å². The normalized spacial score (nSPS) is 9.75. The lowest BCUT2D eigenvalue weighted by atomic mass is 10.1. The fraction of sp³-hybridized carbons (Fsp3) is 0.500. The third kappa shape index (κ3) is 2.73. The van der Waals surface area contributed by atoms with Crippen LogP contribution in [0.3, 0.4) is 0 Å². The van der Waals surface area contributed by atoms with Crippen LogP contribution in [0.5, 0.6) is 0 Å². The first-order chi connectivity index (χ1) is 5.11. The second-order valence-corrected chi connectivity index (χ2v) is 3.40. The lowest BCUT2D eigenvalue weighted by Gasteiger charge is -2.02. The van der Waals surface area contributed by atoms with E-state index in [9.17, 15) is 0 Å². The molecule has 0 saturated carbocycles. The van der Waals surface area contributed by atoms with Gasteiger partial charge in [0.15, 0.2) is 11.9 Å². The van der Waals surface area contributed by atoms with Crippen molar-refractivity contribution >= 4 is 0 Å². The zero-order valence-corrected chi connectivity index (χ0v) is 10.3. The van der Waals surface area contributed by atoms with Crippen molar-refractivity contribution in [3.63, 3.8) is 0 Å². The van der Waals surface area contributed by atoms with E-state index in [4.69, 9.17) is 0 Å². The number of halogens is 1. The molecule has 0 saturated heterocycles. The van der Waals surface area contributed by atoms with Crippen LogP contribution in [-0.2, 0) is 7.05 Å². The molecule has 12 heavy (non-hydrogen) atoms. The Morgan fingerprint density at radius 1 is 1.25 bits per heavy atom. The van der Waals surface area contributed by atoms with E-state index in [-0.39, 0.29) is 24.0 Å². The maximum Gasteiger partial charge on any atom is 0.183 e. The summed E-state index contributed by atoms with van der Waals surface area (Å²) < 4.78 is 2.19. The summed E-state index contributed by atoms with van der Waals surface area (Å²) in [5.41, 5.74) is 2.70. The molecule has 68 valence electrons. The largest absolute Gasteiger partial charge is 1.00 e. The van der Waals surface area contributed by atoms with Gasteiger partial charge in [-0.05, 0) is 13.0 Å². The predicted octanol–water partition coefficient (Wildman–Crippen LogP) is -1.05. The second kappa shape index (κ2) is 4.80.